The summed E-state index contributed by atoms with van der Waals surface area (Å²) in [6.45, 7) is 3.08. The Morgan fingerprint density at radius 1 is 1.21 bits per heavy atom. The second-order valence-corrected chi connectivity index (χ2v) is 7.44. The molecule has 5 nitrogen and oxygen atoms in total. The molecule has 0 aromatic heterocycles. The number of carbonyl (C=O) groups is 1. The van der Waals surface area contributed by atoms with Gasteiger partial charge in [-0.05, 0) is 55.7 Å². The van der Waals surface area contributed by atoms with Gasteiger partial charge in [-0.1, -0.05) is 23.7 Å². The fraction of sp³-hybridized carbons (Fsp3) is 0.409. The van der Waals surface area contributed by atoms with Crippen molar-refractivity contribution in [2.75, 3.05) is 27.3 Å². The molecule has 0 aliphatic carbocycles. The highest BCUT2D eigenvalue weighted by molar-refractivity contribution is 6.30. The molecule has 0 spiro atoms. The van der Waals surface area contributed by atoms with Crippen LogP contribution in [0.1, 0.15) is 43.0 Å². The number of amides is 1. The minimum absolute atomic E-state index is 0.00480. The van der Waals surface area contributed by atoms with Crippen molar-refractivity contribution in [1.82, 2.24) is 10.2 Å². The zero-order valence-corrected chi connectivity index (χ0v) is 17.3. The van der Waals surface area contributed by atoms with Gasteiger partial charge in [0.15, 0.2) is 0 Å². The molecule has 1 fully saturated rings. The summed E-state index contributed by atoms with van der Waals surface area (Å²) in [5.41, 5.74) is 2.10. The van der Waals surface area contributed by atoms with Gasteiger partial charge in [0.2, 0.25) is 5.91 Å². The predicted octanol–water partition coefficient (Wildman–Crippen LogP) is 4.37. The van der Waals surface area contributed by atoms with Crippen LogP contribution in [0, 0.1) is 0 Å². The van der Waals surface area contributed by atoms with Crippen LogP contribution in [-0.4, -0.2) is 38.1 Å². The fourth-order valence-corrected chi connectivity index (χ4v) is 3.83. The van der Waals surface area contributed by atoms with E-state index in [0.717, 1.165) is 42.0 Å². The first-order valence-electron chi connectivity index (χ1n) is 9.53. The molecule has 2 aromatic rings. The molecule has 2 aromatic carbocycles. The van der Waals surface area contributed by atoms with Crippen LogP contribution in [0.25, 0.3) is 0 Å². The number of hydrogen-bond donors (Lipinski definition) is 1. The molecule has 1 N–H and O–H groups in total. The third kappa shape index (κ3) is 4.59. The van der Waals surface area contributed by atoms with Gasteiger partial charge in [0, 0.05) is 23.2 Å². The number of ether oxygens (including phenoxy) is 2. The molecule has 1 aliphatic heterocycles. The third-order valence-electron chi connectivity index (χ3n) is 5.30. The summed E-state index contributed by atoms with van der Waals surface area (Å²) in [4.78, 5) is 14.9. The van der Waals surface area contributed by atoms with Crippen LogP contribution in [0.3, 0.4) is 0 Å². The first-order valence-corrected chi connectivity index (χ1v) is 9.91. The molecule has 6 heteroatoms. The molecule has 1 saturated heterocycles. The van der Waals surface area contributed by atoms with Crippen molar-refractivity contribution < 1.29 is 14.3 Å². The topological polar surface area (TPSA) is 50.8 Å². The Labute approximate surface area is 171 Å². The van der Waals surface area contributed by atoms with Crippen LogP contribution in [0.5, 0.6) is 11.5 Å². The smallest absolute Gasteiger partial charge is 0.237 e. The molecule has 1 heterocycles. The van der Waals surface area contributed by atoms with Crippen molar-refractivity contribution in [1.29, 1.82) is 0 Å². The maximum absolute atomic E-state index is 12.9. The Morgan fingerprint density at radius 2 is 1.96 bits per heavy atom. The van der Waals surface area contributed by atoms with Crippen LogP contribution < -0.4 is 14.8 Å². The number of methoxy groups -OCH3 is 2. The van der Waals surface area contributed by atoms with Gasteiger partial charge < -0.3 is 19.7 Å². The van der Waals surface area contributed by atoms with Crippen LogP contribution >= 0.6 is 11.6 Å². The number of halogens is 1. The molecular weight excluding hydrogens is 376 g/mol. The number of carbonyl (C=O) groups excluding carboxylic acids is 1. The molecule has 28 heavy (non-hydrogen) atoms. The molecular formula is C22H27ClN2O3. The van der Waals surface area contributed by atoms with E-state index >= 15 is 0 Å². The Morgan fingerprint density at radius 3 is 2.64 bits per heavy atom. The second kappa shape index (κ2) is 9.30. The largest absolute Gasteiger partial charge is 0.497 e. The molecule has 0 unspecified atom stereocenters. The van der Waals surface area contributed by atoms with Gasteiger partial charge in [0.05, 0.1) is 26.8 Å². The summed E-state index contributed by atoms with van der Waals surface area (Å²) in [5, 5.41) is 4.04. The first-order chi connectivity index (χ1) is 13.5. The van der Waals surface area contributed by atoms with E-state index in [1.54, 1.807) is 14.2 Å². The van der Waals surface area contributed by atoms with Gasteiger partial charge >= 0.3 is 0 Å². The zero-order valence-electron chi connectivity index (χ0n) is 16.6. The average molecular weight is 403 g/mol. The predicted molar refractivity (Wildman–Crippen MR) is 111 cm³/mol. The molecule has 0 radical (unpaired) electrons. The normalized spacial score (nSPS) is 17.4. The van der Waals surface area contributed by atoms with Crippen molar-refractivity contribution in [3.63, 3.8) is 0 Å². The molecule has 0 saturated carbocycles. The minimum Gasteiger partial charge on any atom is -0.497 e. The van der Waals surface area contributed by atoms with Gasteiger partial charge in [0.1, 0.15) is 11.5 Å². The van der Waals surface area contributed by atoms with E-state index in [-0.39, 0.29) is 24.5 Å². The summed E-state index contributed by atoms with van der Waals surface area (Å²) in [7, 11) is 3.30. The second-order valence-electron chi connectivity index (χ2n) is 7.01. The number of nitrogens with zero attached hydrogens (tertiary/aromatic N) is 1. The van der Waals surface area contributed by atoms with Crippen LogP contribution in [-0.2, 0) is 4.79 Å². The van der Waals surface area contributed by atoms with Crippen molar-refractivity contribution >= 4 is 17.5 Å². The zero-order chi connectivity index (χ0) is 20.1. The van der Waals surface area contributed by atoms with Gasteiger partial charge in [-0.25, -0.2) is 0 Å². The SMILES string of the molecule is COc1ccc(OC)c([C@H]2CCCN2C(=O)CN[C@@H](C)c2ccc(Cl)cc2)c1. The van der Waals surface area contributed by atoms with Gasteiger partial charge in [0.25, 0.3) is 0 Å². The monoisotopic (exact) mass is 402 g/mol. The number of nitrogens with one attached hydrogen (secondary N) is 1. The standard InChI is InChI=1S/C22H27ClN2O3/c1-15(16-6-8-17(23)9-7-16)24-14-22(26)25-12-4-5-20(25)19-13-18(27-2)10-11-21(19)28-3/h6-11,13,15,20,24H,4-5,12,14H2,1-3H3/t15-,20+/m0/s1. The Hall–Kier alpha value is -2.24. The molecule has 0 bridgehead atoms. The number of benzene rings is 2. The highest BCUT2D eigenvalue weighted by Crippen LogP contribution is 2.38. The van der Waals surface area contributed by atoms with Gasteiger partial charge in [-0.3, -0.25) is 4.79 Å². The Balaban J connectivity index is 1.69. The van der Waals surface area contributed by atoms with E-state index in [0.29, 0.717) is 5.02 Å². The minimum atomic E-state index is 0.00480. The summed E-state index contributed by atoms with van der Waals surface area (Å²) in [5.74, 6) is 1.64. The summed E-state index contributed by atoms with van der Waals surface area (Å²) < 4.78 is 10.9. The Kier molecular flexibility index (Phi) is 6.81. The average Bonchev–Trinajstić information content (AvgIpc) is 3.21. The van der Waals surface area contributed by atoms with E-state index in [4.69, 9.17) is 21.1 Å². The van der Waals surface area contributed by atoms with Crippen molar-refractivity contribution in [2.45, 2.75) is 31.8 Å². The molecule has 1 amide bonds. The van der Waals surface area contributed by atoms with Crippen molar-refractivity contribution in [3.05, 3.63) is 58.6 Å². The molecule has 2 atom stereocenters. The number of hydrogen-bond acceptors (Lipinski definition) is 4. The lowest BCUT2D eigenvalue weighted by Gasteiger charge is -2.27. The molecule has 150 valence electrons. The third-order valence-corrected chi connectivity index (χ3v) is 5.55. The van der Waals surface area contributed by atoms with E-state index in [2.05, 4.69) is 5.32 Å². The molecule has 1 aliphatic rings. The number of likely N-dealkylation sites (tertiary alicyclic amines) is 1. The van der Waals surface area contributed by atoms with Crippen LogP contribution in [0.15, 0.2) is 42.5 Å². The highest BCUT2D eigenvalue weighted by Gasteiger charge is 2.32. The van der Waals surface area contributed by atoms with Gasteiger partial charge in [-0.15, -0.1) is 0 Å². The van der Waals surface area contributed by atoms with E-state index in [1.807, 2.05) is 54.3 Å². The van der Waals surface area contributed by atoms with Crippen LogP contribution in [0.4, 0.5) is 0 Å². The maximum Gasteiger partial charge on any atom is 0.237 e. The quantitative estimate of drug-likeness (QED) is 0.747. The van der Waals surface area contributed by atoms with E-state index in [9.17, 15) is 4.79 Å². The van der Waals surface area contributed by atoms with E-state index < -0.39 is 0 Å². The lowest BCUT2D eigenvalue weighted by atomic mass is 10.0. The summed E-state index contributed by atoms with van der Waals surface area (Å²) >= 11 is 5.95. The van der Waals surface area contributed by atoms with Crippen molar-refractivity contribution in [3.8, 4) is 11.5 Å². The van der Waals surface area contributed by atoms with Crippen molar-refractivity contribution in [2.24, 2.45) is 0 Å². The Bertz CT molecular complexity index is 810. The lowest BCUT2D eigenvalue weighted by molar-refractivity contribution is -0.131. The summed E-state index contributed by atoms with van der Waals surface area (Å²) in [6.07, 6.45) is 1.89. The number of rotatable bonds is 7. The molecule has 3 rings (SSSR count). The lowest BCUT2D eigenvalue weighted by Crippen LogP contribution is -2.38. The highest BCUT2D eigenvalue weighted by atomic mass is 35.5. The fourth-order valence-electron chi connectivity index (χ4n) is 3.70. The maximum atomic E-state index is 12.9. The summed E-state index contributed by atoms with van der Waals surface area (Å²) in [6, 6.07) is 13.5. The van der Waals surface area contributed by atoms with Crippen LogP contribution in [0.2, 0.25) is 5.02 Å². The first kappa shape index (κ1) is 20.5. The van der Waals surface area contributed by atoms with Gasteiger partial charge in [-0.2, -0.15) is 0 Å². The van der Waals surface area contributed by atoms with E-state index in [1.165, 1.54) is 0 Å².